The lowest BCUT2D eigenvalue weighted by molar-refractivity contribution is -0.151. The van der Waals surface area contributed by atoms with E-state index in [0.29, 0.717) is 6.42 Å². The molecule has 7 nitrogen and oxygen atoms in total. The Bertz CT molecular complexity index is 924. The van der Waals surface area contributed by atoms with Gasteiger partial charge in [0, 0.05) is 25.0 Å². The first-order chi connectivity index (χ1) is 16.8. The normalized spacial score (nSPS) is 30.8. The predicted molar refractivity (Wildman–Crippen MR) is 135 cm³/mol. The number of esters is 1. The minimum Gasteiger partial charge on any atom is -0.454 e. The Balaban J connectivity index is 2.23. The molecule has 35 heavy (non-hydrogen) atoms. The molecule has 2 rings (SSSR count). The summed E-state index contributed by atoms with van der Waals surface area (Å²) in [5.74, 6) is -1.18. The topological polar surface area (TPSA) is 102 Å². The monoisotopic (exact) mass is 483 g/mol. The van der Waals surface area contributed by atoms with Crippen LogP contribution >= 0.6 is 0 Å². The highest BCUT2D eigenvalue weighted by atomic mass is 16.6. The van der Waals surface area contributed by atoms with Crippen molar-refractivity contribution < 1.29 is 29.0 Å². The average Bonchev–Trinajstić information content (AvgIpc) is 2.78. The molecule has 7 heteroatoms. The number of allylic oxidation sites excluding steroid dienone is 7. The van der Waals surface area contributed by atoms with Crippen molar-refractivity contribution in [2.45, 2.75) is 83.8 Å². The second-order valence-corrected chi connectivity index (χ2v) is 8.91. The lowest BCUT2D eigenvalue weighted by Crippen LogP contribution is -2.44. The van der Waals surface area contributed by atoms with Crippen LogP contribution in [-0.2, 0) is 23.9 Å². The molecule has 0 aromatic rings. The Kier molecular flexibility index (Phi) is 12.1. The quantitative estimate of drug-likeness (QED) is 0.205. The van der Waals surface area contributed by atoms with Crippen molar-refractivity contribution in [3.8, 4) is 0 Å². The number of fused-ring (bicyclic) bond motifs is 2. The maximum Gasteiger partial charge on any atom is 0.331 e. The molecule has 2 bridgehead atoms. The number of amides is 1. The van der Waals surface area contributed by atoms with Crippen molar-refractivity contribution in [1.29, 1.82) is 0 Å². The molecule has 2 heterocycles. The Labute approximate surface area is 207 Å². The molecule has 0 saturated carbocycles. The van der Waals surface area contributed by atoms with Crippen molar-refractivity contribution >= 4 is 17.7 Å². The number of carbonyl (C=O) groups is 3. The van der Waals surface area contributed by atoms with Crippen molar-refractivity contribution in [2.24, 2.45) is 0 Å². The average molecular weight is 484 g/mol. The van der Waals surface area contributed by atoms with Crippen molar-refractivity contribution in [3.63, 3.8) is 0 Å². The maximum atomic E-state index is 12.4. The Morgan fingerprint density at radius 1 is 1.17 bits per heavy atom. The van der Waals surface area contributed by atoms with Gasteiger partial charge in [-0.2, -0.15) is 0 Å². The number of ether oxygens (including phenoxy) is 2. The van der Waals surface area contributed by atoms with Crippen LogP contribution in [0.3, 0.4) is 0 Å². The second kappa shape index (κ2) is 15.1. The van der Waals surface area contributed by atoms with Gasteiger partial charge < -0.3 is 19.9 Å². The van der Waals surface area contributed by atoms with Crippen molar-refractivity contribution in [1.82, 2.24) is 5.32 Å². The highest BCUT2D eigenvalue weighted by Crippen LogP contribution is 2.24. The highest BCUT2D eigenvalue weighted by molar-refractivity contribution is 5.91. The van der Waals surface area contributed by atoms with Crippen LogP contribution in [0.4, 0.5) is 0 Å². The van der Waals surface area contributed by atoms with Gasteiger partial charge in [0.05, 0.1) is 12.2 Å². The smallest absolute Gasteiger partial charge is 0.331 e. The van der Waals surface area contributed by atoms with Gasteiger partial charge in [-0.25, -0.2) is 4.79 Å². The van der Waals surface area contributed by atoms with Gasteiger partial charge in [-0.1, -0.05) is 53.7 Å². The van der Waals surface area contributed by atoms with Crippen molar-refractivity contribution in [3.05, 3.63) is 71.9 Å². The van der Waals surface area contributed by atoms with E-state index in [4.69, 9.17) is 9.47 Å². The molecule has 4 atom stereocenters. The number of aliphatic hydroxyl groups excluding tert-OH is 1. The number of aliphatic hydroxyl groups is 1. The standard InChI is InChI=1S/C28H37NO6/c1-4-5-6-15-26(31)29-28(33)25-19-21(3)18-24-14-9-13-23(34-24)12-8-11-22(30)17-20(2)10-7-16-27(32)35-25/h4-8,10-11,15-16,18,23-25,28,33H,9,12-14,17,19H2,1-3H3,(H,29,31)/b5-4+,11-8+,15-6-,16-7+,20-10+,21-18+/t23-,24-,25+,28+/m1/s1. The molecule has 190 valence electrons. The Hall–Kier alpha value is -3.03. The summed E-state index contributed by atoms with van der Waals surface area (Å²) in [6, 6.07) is 0. The first-order valence-corrected chi connectivity index (χ1v) is 12.1. The number of ketones is 1. The fraction of sp³-hybridized carbons (Fsp3) is 0.464. The Morgan fingerprint density at radius 2 is 1.97 bits per heavy atom. The van der Waals surface area contributed by atoms with Gasteiger partial charge in [0.2, 0.25) is 5.91 Å². The predicted octanol–water partition coefficient (Wildman–Crippen LogP) is 4.16. The molecule has 0 aromatic carbocycles. The summed E-state index contributed by atoms with van der Waals surface area (Å²) in [6.45, 7) is 5.52. The number of cyclic esters (lactones) is 1. The van der Waals surface area contributed by atoms with Crippen LogP contribution in [0.15, 0.2) is 71.9 Å². The third-order valence-electron chi connectivity index (χ3n) is 5.61. The third kappa shape index (κ3) is 11.3. The van der Waals surface area contributed by atoms with Crippen LogP contribution in [0.25, 0.3) is 0 Å². The van der Waals surface area contributed by atoms with Gasteiger partial charge in [-0.05, 0) is 52.5 Å². The Morgan fingerprint density at radius 3 is 2.74 bits per heavy atom. The SMILES string of the molecule is C/C=C/C=C\C(=O)N[C@@H](O)[C@@H]1C/C(C)=C/[C@H]2CCC[C@@H](C/C=C/C(=O)C/C(C)=C/C=C/C(=O)O1)O2. The molecule has 0 unspecified atom stereocenters. The number of carbonyl (C=O) groups excluding carboxylic acids is 3. The molecule has 0 spiro atoms. The molecule has 0 aliphatic carbocycles. The van der Waals surface area contributed by atoms with Crippen LogP contribution in [0.2, 0.25) is 0 Å². The summed E-state index contributed by atoms with van der Waals surface area (Å²) in [7, 11) is 0. The minimum absolute atomic E-state index is 0.0126. The molecular weight excluding hydrogens is 446 g/mol. The molecule has 2 N–H and O–H groups in total. The molecule has 1 fully saturated rings. The van der Waals surface area contributed by atoms with Gasteiger partial charge in [-0.3, -0.25) is 9.59 Å². The van der Waals surface area contributed by atoms with E-state index < -0.39 is 24.2 Å². The maximum absolute atomic E-state index is 12.4. The zero-order chi connectivity index (χ0) is 25.6. The van der Waals surface area contributed by atoms with Crippen LogP contribution < -0.4 is 5.32 Å². The molecule has 2 aliphatic heterocycles. The lowest BCUT2D eigenvalue weighted by Gasteiger charge is -2.29. The number of hydrogen-bond donors (Lipinski definition) is 2. The number of hydrogen-bond acceptors (Lipinski definition) is 6. The van der Waals surface area contributed by atoms with Crippen LogP contribution in [0.1, 0.15) is 59.3 Å². The molecule has 1 saturated heterocycles. The lowest BCUT2D eigenvalue weighted by atomic mass is 9.98. The fourth-order valence-electron chi connectivity index (χ4n) is 3.91. The fourth-order valence-corrected chi connectivity index (χ4v) is 3.91. The van der Waals surface area contributed by atoms with Crippen molar-refractivity contribution in [2.75, 3.05) is 0 Å². The second-order valence-electron chi connectivity index (χ2n) is 8.91. The van der Waals surface area contributed by atoms with Gasteiger partial charge >= 0.3 is 5.97 Å². The van der Waals surface area contributed by atoms with Gasteiger partial charge in [0.25, 0.3) is 0 Å². The first kappa shape index (κ1) is 28.2. The van der Waals surface area contributed by atoms with Crippen LogP contribution in [0, 0.1) is 0 Å². The van der Waals surface area contributed by atoms with E-state index in [1.54, 1.807) is 30.4 Å². The molecule has 0 aromatic heterocycles. The van der Waals surface area contributed by atoms with Crippen LogP contribution in [0.5, 0.6) is 0 Å². The molecule has 2 aliphatic rings. The highest BCUT2D eigenvalue weighted by Gasteiger charge is 2.26. The molecule has 1 amide bonds. The largest absolute Gasteiger partial charge is 0.454 e. The van der Waals surface area contributed by atoms with Gasteiger partial charge in [0.1, 0.15) is 0 Å². The summed E-state index contributed by atoms with van der Waals surface area (Å²) >= 11 is 0. The van der Waals surface area contributed by atoms with E-state index in [1.165, 1.54) is 18.2 Å². The first-order valence-electron chi connectivity index (χ1n) is 12.1. The van der Waals surface area contributed by atoms with E-state index in [-0.39, 0.29) is 30.8 Å². The van der Waals surface area contributed by atoms with Gasteiger partial charge in [0.15, 0.2) is 18.1 Å². The molecular formula is C28H37NO6. The summed E-state index contributed by atoms with van der Waals surface area (Å²) in [5, 5.41) is 13.1. The third-order valence-corrected chi connectivity index (χ3v) is 5.61. The van der Waals surface area contributed by atoms with E-state index in [0.717, 1.165) is 30.4 Å². The van der Waals surface area contributed by atoms with Gasteiger partial charge in [-0.15, -0.1) is 0 Å². The zero-order valence-electron chi connectivity index (χ0n) is 20.8. The van der Waals surface area contributed by atoms with Crippen LogP contribution in [-0.4, -0.2) is 47.3 Å². The van der Waals surface area contributed by atoms with E-state index in [1.807, 2.05) is 32.9 Å². The minimum atomic E-state index is -1.40. The summed E-state index contributed by atoms with van der Waals surface area (Å²) in [4.78, 5) is 36.7. The molecule has 0 radical (unpaired) electrons. The zero-order valence-corrected chi connectivity index (χ0v) is 20.8. The number of rotatable bonds is 4. The summed E-state index contributed by atoms with van der Waals surface area (Å²) in [5.41, 5.74) is 1.67. The van der Waals surface area contributed by atoms with E-state index in [2.05, 4.69) is 5.32 Å². The van der Waals surface area contributed by atoms with E-state index in [9.17, 15) is 19.5 Å². The van der Waals surface area contributed by atoms with E-state index >= 15 is 0 Å². The summed E-state index contributed by atoms with van der Waals surface area (Å²) in [6.07, 6.45) is 17.7. The number of nitrogens with one attached hydrogen (secondary N) is 1. The summed E-state index contributed by atoms with van der Waals surface area (Å²) < 4.78 is 11.7.